The molecule has 5 heteroatoms. The number of hydrogen-bond donors (Lipinski definition) is 2. The minimum absolute atomic E-state index is 0.0898. The molecular weight excluding hydrogens is 254 g/mol. The highest BCUT2D eigenvalue weighted by molar-refractivity contribution is 5.79. The van der Waals surface area contributed by atoms with Crippen molar-refractivity contribution in [3.05, 3.63) is 0 Å². The van der Waals surface area contributed by atoms with Crippen LogP contribution in [0.4, 0.5) is 0 Å². The third-order valence-corrected chi connectivity index (χ3v) is 4.21. The lowest BCUT2D eigenvalue weighted by Crippen LogP contribution is -2.44. The number of nitrogens with two attached hydrogens (primary N) is 1. The molecular formula is C15H29N3O2. The van der Waals surface area contributed by atoms with E-state index in [9.17, 15) is 9.59 Å². The second kappa shape index (κ2) is 8.95. The molecule has 0 saturated heterocycles. The van der Waals surface area contributed by atoms with Gasteiger partial charge in [0.2, 0.25) is 11.8 Å². The van der Waals surface area contributed by atoms with Gasteiger partial charge in [-0.25, -0.2) is 0 Å². The molecule has 1 aliphatic carbocycles. The first kappa shape index (κ1) is 17.0. The predicted molar refractivity (Wildman–Crippen MR) is 80.2 cm³/mol. The highest BCUT2D eigenvalue weighted by Gasteiger charge is 2.19. The smallest absolute Gasteiger partial charge is 0.234 e. The number of rotatable bonds is 7. The van der Waals surface area contributed by atoms with Crippen molar-refractivity contribution in [2.24, 2.45) is 5.73 Å². The number of hydrogen-bond acceptors (Lipinski definition) is 3. The fourth-order valence-corrected chi connectivity index (χ4v) is 2.77. The molecule has 0 radical (unpaired) electrons. The summed E-state index contributed by atoms with van der Waals surface area (Å²) < 4.78 is 0. The summed E-state index contributed by atoms with van der Waals surface area (Å²) in [6.07, 6.45) is 7.62. The van der Waals surface area contributed by atoms with Crippen molar-refractivity contribution in [2.75, 3.05) is 13.1 Å². The van der Waals surface area contributed by atoms with Crippen LogP contribution in [-0.4, -0.2) is 41.9 Å². The average molecular weight is 283 g/mol. The van der Waals surface area contributed by atoms with Crippen molar-refractivity contribution in [2.45, 2.75) is 70.9 Å². The lowest BCUT2D eigenvalue weighted by atomic mass is 10.1. The Morgan fingerprint density at radius 1 is 1.25 bits per heavy atom. The van der Waals surface area contributed by atoms with Crippen molar-refractivity contribution in [1.82, 2.24) is 10.2 Å². The molecule has 0 bridgehead atoms. The van der Waals surface area contributed by atoms with E-state index in [4.69, 9.17) is 5.73 Å². The largest absolute Gasteiger partial charge is 0.368 e. The van der Waals surface area contributed by atoms with Crippen LogP contribution in [0.2, 0.25) is 0 Å². The summed E-state index contributed by atoms with van der Waals surface area (Å²) in [5.74, 6) is -0.247. The van der Waals surface area contributed by atoms with E-state index in [1.165, 1.54) is 25.7 Å². The molecule has 0 aliphatic heterocycles. The summed E-state index contributed by atoms with van der Waals surface area (Å²) in [7, 11) is 0. The van der Waals surface area contributed by atoms with Crippen LogP contribution in [0.15, 0.2) is 0 Å². The molecule has 3 N–H and O–H groups in total. The van der Waals surface area contributed by atoms with E-state index in [0.717, 1.165) is 19.4 Å². The quantitative estimate of drug-likeness (QED) is 0.694. The zero-order chi connectivity index (χ0) is 15.0. The molecule has 1 rings (SSSR count). The van der Waals surface area contributed by atoms with E-state index in [1.54, 1.807) is 6.92 Å². The summed E-state index contributed by atoms with van der Waals surface area (Å²) in [6.45, 7) is 5.07. The highest BCUT2D eigenvalue weighted by atomic mass is 16.2. The monoisotopic (exact) mass is 283 g/mol. The zero-order valence-corrected chi connectivity index (χ0v) is 12.9. The Morgan fingerprint density at radius 2 is 1.85 bits per heavy atom. The number of likely N-dealkylation sites (N-methyl/N-ethyl adjacent to an activating group) is 1. The zero-order valence-electron chi connectivity index (χ0n) is 12.9. The number of nitrogens with zero attached hydrogens (tertiary/aromatic N) is 1. The van der Waals surface area contributed by atoms with Gasteiger partial charge in [-0.15, -0.1) is 0 Å². The molecule has 0 aromatic heterocycles. The van der Waals surface area contributed by atoms with E-state index >= 15 is 0 Å². The van der Waals surface area contributed by atoms with Crippen LogP contribution < -0.4 is 11.1 Å². The Labute approximate surface area is 122 Å². The number of amides is 2. The predicted octanol–water partition coefficient (Wildman–Crippen LogP) is 1.41. The molecule has 5 nitrogen and oxygen atoms in total. The molecule has 0 heterocycles. The molecule has 0 aromatic rings. The maximum Gasteiger partial charge on any atom is 0.234 e. The van der Waals surface area contributed by atoms with Crippen LogP contribution in [0.25, 0.3) is 0 Å². The lowest BCUT2D eigenvalue weighted by Gasteiger charge is -2.25. The van der Waals surface area contributed by atoms with Crippen molar-refractivity contribution >= 4 is 11.8 Å². The minimum Gasteiger partial charge on any atom is -0.368 e. The molecule has 20 heavy (non-hydrogen) atoms. The number of primary amides is 1. The van der Waals surface area contributed by atoms with Gasteiger partial charge in [0.25, 0.3) is 0 Å². The Morgan fingerprint density at radius 3 is 2.35 bits per heavy atom. The van der Waals surface area contributed by atoms with E-state index in [1.807, 2.05) is 11.8 Å². The fourth-order valence-electron chi connectivity index (χ4n) is 2.77. The van der Waals surface area contributed by atoms with Crippen LogP contribution in [0.5, 0.6) is 0 Å². The van der Waals surface area contributed by atoms with E-state index in [-0.39, 0.29) is 17.9 Å². The standard InChI is InChI=1S/C15H29N3O2/c1-3-18(12(2)15(16)20)11-10-14(19)17-13-8-6-4-5-7-9-13/h12-13H,3-11H2,1-2H3,(H2,16,20)(H,17,19). The second-order valence-electron chi connectivity index (χ2n) is 5.71. The lowest BCUT2D eigenvalue weighted by molar-refractivity contribution is -0.125. The molecule has 1 atom stereocenters. The van der Waals surface area contributed by atoms with Crippen LogP contribution >= 0.6 is 0 Å². The number of carbonyl (C=O) groups is 2. The first-order chi connectivity index (χ1) is 9.54. The maximum absolute atomic E-state index is 12.0. The molecule has 116 valence electrons. The average Bonchev–Trinajstić information content (AvgIpc) is 2.67. The van der Waals surface area contributed by atoms with Gasteiger partial charge in [0.1, 0.15) is 0 Å². The van der Waals surface area contributed by atoms with Gasteiger partial charge in [-0.1, -0.05) is 32.6 Å². The summed E-state index contributed by atoms with van der Waals surface area (Å²) in [5, 5.41) is 3.12. The fraction of sp³-hybridized carbons (Fsp3) is 0.867. The van der Waals surface area contributed by atoms with Gasteiger partial charge in [0.15, 0.2) is 0 Å². The van der Waals surface area contributed by atoms with Crippen LogP contribution in [0.1, 0.15) is 58.8 Å². The van der Waals surface area contributed by atoms with E-state index in [0.29, 0.717) is 19.0 Å². The van der Waals surface area contributed by atoms with Gasteiger partial charge in [0, 0.05) is 19.0 Å². The number of nitrogens with one attached hydrogen (secondary N) is 1. The van der Waals surface area contributed by atoms with Crippen molar-refractivity contribution in [3.8, 4) is 0 Å². The third kappa shape index (κ3) is 5.90. The molecule has 0 aromatic carbocycles. The summed E-state index contributed by atoms with van der Waals surface area (Å²) in [4.78, 5) is 25.1. The van der Waals surface area contributed by atoms with Crippen molar-refractivity contribution in [3.63, 3.8) is 0 Å². The Kier molecular flexibility index (Phi) is 7.59. The van der Waals surface area contributed by atoms with Gasteiger partial charge < -0.3 is 11.1 Å². The molecule has 2 amide bonds. The first-order valence-electron chi connectivity index (χ1n) is 7.87. The van der Waals surface area contributed by atoms with Crippen molar-refractivity contribution < 1.29 is 9.59 Å². The normalized spacial score (nSPS) is 18.6. The first-order valence-corrected chi connectivity index (χ1v) is 7.87. The van der Waals surface area contributed by atoms with Gasteiger partial charge in [0.05, 0.1) is 6.04 Å². The molecule has 1 fully saturated rings. The van der Waals surface area contributed by atoms with E-state index < -0.39 is 0 Å². The van der Waals surface area contributed by atoms with Crippen LogP contribution in [0.3, 0.4) is 0 Å². The second-order valence-corrected chi connectivity index (χ2v) is 5.71. The Bertz CT molecular complexity index is 312. The molecule has 1 aliphatic rings. The topological polar surface area (TPSA) is 75.4 Å². The van der Waals surface area contributed by atoms with Crippen LogP contribution in [-0.2, 0) is 9.59 Å². The van der Waals surface area contributed by atoms with E-state index in [2.05, 4.69) is 5.32 Å². The SMILES string of the molecule is CCN(CCC(=O)NC1CCCCCC1)C(C)C(N)=O. The summed E-state index contributed by atoms with van der Waals surface area (Å²) >= 11 is 0. The minimum atomic E-state index is -0.337. The van der Waals surface area contributed by atoms with Crippen molar-refractivity contribution in [1.29, 1.82) is 0 Å². The Hall–Kier alpha value is -1.10. The third-order valence-electron chi connectivity index (χ3n) is 4.21. The van der Waals surface area contributed by atoms with Gasteiger partial charge in [-0.3, -0.25) is 14.5 Å². The highest BCUT2D eigenvalue weighted by Crippen LogP contribution is 2.17. The molecule has 0 spiro atoms. The summed E-state index contributed by atoms with van der Waals surface area (Å²) in [5.41, 5.74) is 5.30. The Balaban J connectivity index is 2.32. The van der Waals surface area contributed by atoms with Gasteiger partial charge >= 0.3 is 0 Å². The number of carbonyl (C=O) groups excluding carboxylic acids is 2. The van der Waals surface area contributed by atoms with Gasteiger partial charge in [-0.2, -0.15) is 0 Å². The molecule has 1 unspecified atom stereocenters. The van der Waals surface area contributed by atoms with Crippen LogP contribution in [0, 0.1) is 0 Å². The summed E-state index contributed by atoms with van der Waals surface area (Å²) in [6, 6.07) is 0.0271. The molecule has 1 saturated carbocycles. The van der Waals surface area contributed by atoms with Gasteiger partial charge in [-0.05, 0) is 26.3 Å². The maximum atomic E-state index is 12.0.